The molecule has 0 saturated heterocycles. The third kappa shape index (κ3) is 4.75. The quantitative estimate of drug-likeness (QED) is 0.778. The summed E-state index contributed by atoms with van der Waals surface area (Å²) in [5, 5.41) is 8.93. The van der Waals surface area contributed by atoms with Gasteiger partial charge in [0.2, 0.25) is 5.91 Å². The normalized spacial score (nSPS) is 14.8. The van der Waals surface area contributed by atoms with E-state index in [1.54, 1.807) is 18.7 Å². The summed E-state index contributed by atoms with van der Waals surface area (Å²) in [6.45, 7) is 12.0. The Bertz CT molecular complexity index is 274. The molecule has 0 radical (unpaired) electrons. The van der Waals surface area contributed by atoms with Crippen LogP contribution in [0.1, 0.15) is 41.5 Å². The second-order valence-electron chi connectivity index (χ2n) is 5.39. The zero-order chi connectivity index (χ0) is 13.7. The third-order valence-corrected chi connectivity index (χ3v) is 3.00. The van der Waals surface area contributed by atoms with Crippen molar-refractivity contribution >= 4 is 11.9 Å². The molecule has 0 heterocycles. The van der Waals surface area contributed by atoms with Gasteiger partial charge in [0.15, 0.2) is 0 Å². The fraction of sp³-hybridized carbons (Fsp3) is 0.846. The average Bonchev–Trinajstić information content (AvgIpc) is 2.21. The molecular formula is C13H25NO3. The van der Waals surface area contributed by atoms with Crippen LogP contribution in [-0.2, 0) is 9.59 Å². The Morgan fingerprint density at radius 2 is 1.47 bits per heavy atom. The van der Waals surface area contributed by atoms with Gasteiger partial charge in [-0.1, -0.05) is 27.7 Å². The number of amides is 1. The summed E-state index contributed by atoms with van der Waals surface area (Å²) >= 11 is 0. The number of aliphatic carboxylic acids is 1. The van der Waals surface area contributed by atoms with E-state index in [1.165, 1.54) is 0 Å². The second kappa shape index (κ2) is 6.62. The number of hydrogen-bond acceptors (Lipinski definition) is 2. The summed E-state index contributed by atoms with van der Waals surface area (Å²) in [6.07, 6.45) is 0. The summed E-state index contributed by atoms with van der Waals surface area (Å²) in [5.41, 5.74) is 0. The van der Waals surface area contributed by atoms with E-state index in [9.17, 15) is 9.59 Å². The molecule has 4 nitrogen and oxygen atoms in total. The molecule has 2 unspecified atom stereocenters. The van der Waals surface area contributed by atoms with Gasteiger partial charge >= 0.3 is 5.97 Å². The molecule has 0 aliphatic heterocycles. The molecule has 0 aromatic heterocycles. The van der Waals surface area contributed by atoms with Crippen LogP contribution in [-0.4, -0.2) is 34.5 Å². The average molecular weight is 243 g/mol. The van der Waals surface area contributed by atoms with Gasteiger partial charge in [-0.05, 0) is 19.8 Å². The number of nitrogens with zero attached hydrogens (tertiary/aromatic N) is 1. The number of carboxylic acids is 1. The number of carboxylic acid groups (broad SMARTS) is 1. The molecule has 17 heavy (non-hydrogen) atoms. The Balaban J connectivity index is 4.77. The lowest BCUT2D eigenvalue weighted by Gasteiger charge is -2.32. The van der Waals surface area contributed by atoms with Gasteiger partial charge < -0.3 is 10.0 Å². The Kier molecular flexibility index (Phi) is 6.21. The minimum atomic E-state index is -0.917. The largest absolute Gasteiger partial charge is 0.481 e. The van der Waals surface area contributed by atoms with Gasteiger partial charge in [0.25, 0.3) is 0 Å². The molecule has 0 rings (SSSR count). The number of carbonyl (C=O) groups is 2. The van der Waals surface area contributed by atoms with Crippen molar-refractivity contribution < 1.29 is 14.7 Å². The Morgan fingerprint density at radius 3 is 1.76 bits per heavy atom. The van der Waals surface area contributed by atoms with Crippen LogP contribution >= 0.6 is 0 Å². The molecule has 4 heteroatoms. The van der Waals surface area contributed by atoms with Gasteiger partial charge in [-0.3, -0.25) is 9.59 Å². The monoisotopic (exact) mass is 243 g/mol. The van der Waals surface area contributed by atoms with E-state index in [2.05, 4.69) is 0 Å². The van der Waals surface area contributed by atoms with Gasteiger partial charge in [0.05, 0.1) is 5.92 Å². The van der Waals surface area contributed by atoms with Crippen LogP contribution in [0.4, 0.5) is 0 Å². The first kappa shape index (κ1) is 15.9. The highest BCUT2D eigenvalue weighted by atomic mass is 16.4. The molecule has 0 bridgehead atoms. The van der Waals surface area contributed by atoms with Crippen molar-refractivity contribution in [3.8, 4) is 0 Å². The summed E-state index contributed by atoms with van der Waals surface area (Å²) < 4.78 is 0. The van der Waals surface area contributed by atoms with E-state index >= 15 is 0 Å². The van der Waals surface area contributed by atoms with E-state index in [1.807, 2.05) is 27.7 Å². The van der Waals surface area contributed by atoms with Gasteiger partial charge in [0, 0.05) is 18.5 Å². The minimum absolute atomic E-state index is 0.0661. The Labute approximate surface area is 104 Å². The van der Waals surface area contributed by atoms with Crippen LogP contribution in [0.5, 0.6) is 0 Å². The molecule has 0 aromatic rings. The number of carbonyl (C=O) groups excluding carboxylic acids is 1. The fourth-order valence-electron chi connectivity index (χ4n) is 1.64. The number of hydrogen-bond donors (Lipinski definition) is 1. The van der Waals surface area contributed by atoms with Crippen molar-refractivity contribution in [1.29, 1.82) is 0 Å². The first-order valence-corrected chi connectivity index (χ1v) is 6.21. The smallest absolute Gasteiger partial charge is 0.307 e. The predicted molar refractivity (Wildman–Crippen MR) is 67.7 cm³/mol. The zero-order valence-corrected chi connectivity index (χ0v) is 11.7. The highest BCUT2D eigenvalue weighted by molar-refractivity contribution is 5.84. The molecule has 0 aromatic carbocycles. The fourth-order valence-corrected chi connectivity index (χ4v) is 1.64. The lowest BCUT2D eigenvalue weighted by Crippen LogP contribution is -2.44. The number of rotatable bonds is 6. The van der Waals surface area contributed by atoms with Crippen molar-refractivity contribution in [2.75, 3.05) is 6.54 Å². The van der Waals surface area contributed by atoms with Crippen LogP contribution in [0, 0.1) is 17.8 Å². The third-order valence-electron chi connectivity index (χ3n) is 3.00. The van der Waals surface area contributed by atoms with Crippen molar-refractivity contribution in [2.24, 2.45) is 17.8 Å². The van der Waals surface area contributed by atoms with Crippen molar-refractivity contribution in [3.63, 3.8) is 0 Å². The maximum atomic E-state index is 12.2. The Morgan fingerprint density at radius 1 is 1.00 bits per heavy atom. The minimum Gasteiger partial charge on any atom is -0.481 e. The summed E-state index contributed by atoms with van der Waals surface area (Å²) in [4.78, 5) is 24.9. The van der Waals surface area contributed by atoms with Crippen LogP contribution < -0.4 is 0 Å². The van der Waals surface area contributed by atoms with Crippen LogP contribution in [0.3, 0.4) is 0 Å². The lowest BCUT2D eigenvalue weighted by molar-refractivity contribution is -0.150. The molecule has 0 aliphatic carbocycles. The topological polar surface area (TPSA) is 57.6 Å². The van der Waals surface area contributed by atoms with E-state index in [-0.39, 0.29) is 11.9 Å². The molecule has 0 saturated carbocycles. The first-order chi connectivity index (χ1) is 7.68. The second-order valence-corrected chi connectivity index (χ2v) is 5.39. The molecule has 0 spiro atoms. The molecular weight excluding hydrogens is 218 g/mol. The van der Waals surface area contributed by atoms with Crippen LogP contribution in [0.15, 0.2) is 0 Å². The van der Waals surface area contributed by atoms with E-state index in [0.29, 0.717) is 12.5 Å². The predicted octanol–water partition coefficient (Wildman–Crippen LogP) is 2.24. The summed E-state index contributed by atoms with van der Waals surface area (Å²) in [5.74, 6) is -1.72. The van der Waals surface area contributed by atoms with Gasteiger partial charge in [-0.2, -0.15) is 0 Å². The molecule has 0 aliphatic rings. The molecule has 0 fully saturated rings. The van der Waals surface area contributed by atoms with Crippen LogP contribution in [0.2, 0.25) is 0 Å². The molecule has 1 N–H and O–H groups in total. The highest BCUT2D eigenvalue weighted by Crippen LogP contribution is 2.17. The maximum Gasteiger partial charge on any atom is 0.307 e. The van der Waals surface area contributed by atoms with E-state index < -0.39 is 17.8 Å². The lowest BCUT2D eigenvalue weighted by atomic mass is 9.94. The molecule has 2 atom stereocenters. The van der Waals surface area contributed by atoms with Crippen molar-refractivity contribution in [2.45, 2.75) is 47.6 Å². The van der Waals surface area contributed by atoms with E-state index in [4.69, 9.17) is 5.11 Å². The summed E-state index contributed by atoms with van der Waals surface area (Å²) in [7, 11) is 0. The van der Waals surface area contributed by atoms with Gasteiger partial charge in [0.1, 0.15) is 0 Å². The maximum absolute atomic E-state index is 12.2. The van der Waals surface area contributed by atoms with E-state index in [0.717, 1.165) is 0 Å². The zero-order valence-electron chi connectivity index (χ0n) is 11.7. The van der Waals surface area contributed by atoms with Gasteiger partial charge in [-0.15, -0.1) is 0 Å². The van der Waals surface area contributed by atoms with Crippen molar-refractivity contribution in [1.82, 2.24) is 4.90 Å². The SMILES string of the molecule is CC(C)CN(C(=O)C(C)C(C)C(=O)O)C(C)C. The first-order valence-electron chi connectivity index (χ1n) is 6.21. The van der Waals surface area contributed by atoms with Crippen molar-refractivity contribution in [3.05, 3.63) is 0 Å². The van der Waals surface area contributed by atoms with Crippen LogP contribution in [0.25, 0.3) is 0 Å². The molecule has 100 valence electrons. The Hall–Kier alpha value is -1.06. The molecule has 1 amide bonds. The standard InChI is InChI=1S/C13H25NO3/c1-8(2)7-14(9(3)4)12(15)10(5)11(6)13(16)17/h8-11H,7H2,1-6H3,(H,16,17). The summed E-state index contributed by atoms with van der Waals surface area (Å²) in [6, 6.07) is 0.105. The van der Waals surface area contributed by atoms with Gasteiger partial charge in [-0.25, -0.2) is 0 Å². The highest BCUT2D eigenvalue weighted by Gasteiger charge is 2.30.